The summed E-state index contributed by atoms with van der Waals surface area (Å²) in [5.41, 5.74) is 8.35. The molecule has 0 amide bonds. The van der Waals surface area contributed by atoms with Crippen LogP contribution in [0.3, 0.4) is 0 Å². The van der Waals surface area contributed by atoms with E-state index in [2.05, 4.69) is 9.97 Å². The summed E-state index contributed by atoms with van der Waals surface area (Å²) < 4.78 is 11.3. The normalized spacial score (nSPS) is 10.5. The molecule has 1 aromatic carbocycles. The van der Waals surface area contributed by atoms with Crippen molar-refractivity contribution >= 4 is 17.2 Å². The summed E-state index contributed by atoms with van der Waals surface area (Å²) in [7, 11) is 0. The lowest BCUT2D eigenvalue weighted by molar-refractivity contribution is 0.288. The minimum absolute atomic E-state index is 0.0600. The SMILES string of the molecule is CCOc1ccc(-c2nc(-c3cccc(C(=N)N)n3)cs2)cc1OCC. The number of hydrogen-bond donors (Lipinski definition) is 2. The Balaban J connectivity index is 1.93. The fraction of sp³-hybridized carbons (Fsp3) is 0.211. The van der Waals surface area contributed by atoms with E-state index in [9.17, 15) is 0 Å². The maximum Gasteiger partial charge on any atom is 0.161 e. The van der Waals surface area contributed by atoms with Crippen LogP contribution in [0.15, 0.2) is 41.8 Å². The fourth-order valence-corrected chi connectivity index (χ4v) is 3.25. The lowest BCUT2D eigenvalue weighted by Gasteiger charge is -2.11. The van der Waals surface area contributed by atoms with Crippen LogP contribution in [-0.2, 0) is 0 Å². The first-order chi connectivity index (χ1) is 12.6. The number of nitrogens with zero attached hydrogens (tertiary/aromatic N) is 2. The Hall–Kier alpha value is -2.93. The van der Waals surface area contributed by atoms with Crippen molar-refractivity contribution in [2.45, 2.75) is 13.8 Å². The van der Waals surface area contributed by atoms with E-state index in [0.29, 0.717) is 30.4 Å². The second-order valence-electron chi connectivity index (χ2n) is 5.39. The number of rotatable bonds is 7. The van der Waals surface area contributed by atoms with Gasteiger partial charge in [-0.05, 0) is 44.2 Å². The van der Waals surface area contributed by atoms with Gasteiger partial charge < -0.3 is 15.2 Å². The highest BCUT2D eigenvalue weighted by atomic mass is 32.1. The largest absolute Gasteiger partial charge is 0.490 e. The molecule has 0 aliphatic carbocycles. The van der Waals surface area contributed by atoms with Gasteiger partial charge in [-0.3, -0.25) is 5.41 Å². The van der Waals surface area contributed by atoms with E-state index in [1.807, 2.05) is 49.6 Å². The van der Waals surface area contributed by atoms with Gasteiger partial charge in [-0.25, -0.2) is 9.97 Å². The molecule has 0 aliphatic heterocycles. The minimum atomic E-state index is -0.0600. The molecule has 0 bridgehead atoms. The van der Waals surface area contributed by atoms with Gasteiger partial charge in [0.1, 0.15) is 22.2 Å². The van der Waals surface area contributed by atoms with Crippen LogP contribution in [0.4, 0.5) is 0 Å². The van der Waals surface area contributed by atoms with Gasteiger partial charge >= 0.3 is 0 Å². The molecule has 0 fully saturated rings. The number of amidine groups is 1. The monoisotopic (exact) mass is 368 g/mol. The van der Waals surface area contributed by atoms with Gasteiger partial charge in [-0.15, -0.1) is 11.3 Å². The highest BCUT2D eigenvalue weighted by Crippen LogP contribution is 2.35. The molecule has 3 rings (SSSR count). The smallest absolute Gasteiger partial charge is 0.161 e. The molecule has 26 heavy (non-hydrogen) atoms. The van der Waals surface area contributed by atoms with Crippen LogP contribution in [-0.4, -0.2) is 29.0 Å². The van der Waals surface area contributed by atoms with Crippen molar-refractivity contribution in [2.24, 2.45) is 5.73 Å². The lowest BCUT2D eigenvalue weighted by atomic mass is 10.2. The molecule has 0 atom stereocenters. The van der Waals surface area contributed by atoms with Crippen molar-refractivity contribution in [2.75, 3.05) is 13.2 Å². The summed E-state index contributed by atoms with van der Waals surface area (Å²) in [6.07, 6.45) is 0. The molecule has 0 unspecified atom stereocenters. The quantitative estimate of drug-likeness (QED) is 0.486. The van der Waals surface area contributed by atoms with Gasteiger partial charge in [0, 0.05) is 10.9 Å². The molecule has 6 nitrogen and oxygen atoms in total. The molecule has 2 aromatic heterocycles. The molecular weight excluding hydrogens is 348 g/mol. The fourth-order valence-electron chi connectivity index (χ4n) is 2.44. The zero-order valence-corrected chi connectivity index (χ0v) is 15.5. The Bertz CT molecular complexity index is 923. The average Bonchev–Trinajstić information content (AvgIpc) is 3.14. The first-order valence-corrected chi connectivity index (χ1v) is 9.17. The molecule has 0 saturated carbocycles. The summed E-state index contributed by atoms with van der Waals surface area (Å²) >= 11 is 1.53. The Labute approximate surface area is 156 Å². The molecule has 2 heterocycles. The van der Waals surface area contributed by atoms with Crippen LogP contribution >= 0.6 is 11.3 Å². The van der Waals surface area contributed by atoms with Crippen LogP contribution in [0.2, 0.25) is 0 Å². The molecule has 0 aliphatic rings. The summed E-state index contributed by atoms with van der Waals surface area (Å²) in [5, 5.41) is 10.3. The number of nitrogen functional groups attached to an aromatic ring is 1. The molecular formula is C19H20N4O2S. The molecule has 7 heteroatoms. The van der Waals surface area contributed by atoms with E-state index < -0.39 is 0 Å². The van der Waals surface area contributed by atoms with Gasteiger partial charge in [0.25, 0.3) is 0 Å². The van der Waals surface area contributed by atoms with Crippen molar-refractivity contribution < 1.29 is 9.47 Å². The number of nitrogens with one attached hydrogen (secondary N) is 1. The van der Waals surface area contributed by atoms with Gasteiger partial charge in [0.2, 0.25) is 0 Å². The number of hydrogen-bond acceptors (Lipinski definition) is 6. The molecule has 0 saturated heterocycles. The highest BCUT2D eigenvalue weighted by molar-refractivity contribution is 7.13. The van der Waals surface area contributed by atoms with E-state index in [1.165, 1.54) is 11.3 Å². The third-order valence-electron chi connectivity index (χ3n) is 3.58. The zero-order valence-electron chi connectivity index (χ0n) is 14.7. The first kappa shape index (κ1) is 17.9. The number of nitrogens with two attached hydrogens (primary N) is 1. The Morgan fingerprint density at radius 1 is 1.04 bits per heavy atom. The maximum atomic E-state index is 7.52. The van der Waals surface area contributed by atoms with Gasteiger partial charge in [0.05, 0.1) is 18.9 Å². The van der Waals surface area contributed by atoms with E-state index in [0.717, 1.165) is 22.0 Å². The number of thiazole rings is 1. The van der Waals surface area contributed by atoms with E-state index in [1.54, 1.807) is 6.07 Å². The maximum absolute atomic E-state index is 7.52. The van der Waals surface area contributed by atoms with Crippen LogP contribution in [0.5, 0.6) is 11.5 Å². The second kappa shape index (κ2) is 7.97. The third-order valence-corrected chi connectivity index (χ3v) is 4.47. The third kappa shape index (κ3) is 3.83. The van der Waals surface area contributed by atoms with Crippen molar-refractivity contribution in [3.63, 3.8) is 0 Å². The number of pyridine rings is 1. The summed E-state index contributed by atoms with van der Waals surface area (Å²) in [4.78, 5) is 9.06. The molecule has 3 N–H and O–H groups in total. The molecule has 0 spiro atoms. The molecule has 3 aromatic rings. The summed E-state index contributed by atoms with van der Waals surface area (Å²) in [6, 6.07) is 11.2. The number of aromatic nitrogens is 2. The summed E-state index contributed by atoms with van der Waals surface area (Å²) in [6.45, 7) is 5.03. The zero-order chi connectivity index (χ0) is 18.5. The van der Waals surface area contributed by atoms with Crippen molar-refractivity contribution in [1.29, 1.82) is 5.41 Å². The summed E-state index contributed by atoms with van der Waals surface area (Å²) in [5.74, 6) is 1.38. The van der Waals surface area contributed by atoms with Crippen molar-refractivity contribution in [3.8, 4) is 33.5 Å². The van der Waals surface area contributed by atoms with E-state index >= 15 is 0 Å². The van der Waals surface area contributed by atoms with Crippen LogP contribution in [0.1, 0.15) is 19.5 Å². The van der Waals surface area contributed by atoms with Crippen LogP contribution in [0, 0.1) is 5.41 Å². The van der Waals surface area contributed by atoms with Crippen molar-refractivity contribution in [1.82, 2.24) is 9.97 Å². The van der Waals surface area contributed by atoms with Crippen molar-refractivity contribution in [3.05, 3.63) is 47.5 Å². The van der Waals surface area contributed by atoms with E-state index in [-0.39, 0.29) is 5.84 Å². The second-order valence-corrected chi connectivity index (χ2v) is 6.25. The average molecular weight is 368 g/mol. The van der Waals surface area contributed by atoms with Gasteiger partial charge in [-0.2, -0.15) is 0 Å². The van der Waals surface area contributed by atoms with Crippen LogP contribution in [0.25, 0.3) is 22.0 Å². The van der Waals surface area contributed by atoms with Gasteiger partial charge in [-0.1, -0.05) is 6.07 Å². The predicted molar refractivity (Wildman–Crippen MR) is 104 cm³/mol. The predicted octanol–water partition coefficient (Wildman–Crippen LogP) is 3.95. The molecule has 0 radical (unpaired) electrons. The standard InChI is InChI=1S/C19H20N4O2S/c1-3-24-16-9-8-12(10-17(16)25-4-2)19-23-15(11-26-19)13-6-5-7-14(22-13)18(20)21/h5-11H,3-4H2,1-2H3,(H3,20,21). The highest BCUT2D eigenvalue weighted by Gasteiger charge is 2.12. The minimum Gasteiger partial charge on any atom is -0.490 e. The van der Waals surface area contributed by atoms with Gasteiger partial charge in [0.15, 0.2) is 11.5 Å². The molecule has 134 valence electrons. The topological polar surface area (TPSA) is 94.1 Å². The Kier molecular flexibility index (Phi) is 5.48. The Morgan fingerprint density at radius 2 is 1.81 bits per heavy atom. The van der Waals surface area contributed by atoms with E-state index in [4.69, 9.17) is 20.6 Å². The lowest BCUT2D eigenvalue weighted by Crippen LogP contribution is -2.13. The number of ether oxygens (including phenoxy) is 2. The first-order valence-electron chi connectivity index (χ1n) is 8.29. The number of benzene rings is 1. The van der Waals surface area contributed by atoms with Crippen LogP contribution < -0.4 is 15.2 Å². The Morgan fingerprint density at radius 3 is 2.54 bits per heavy atom.